The number of hydrogen-bond acceptors (Lipinski definition) is 2. The first-order valence-electron chi connectivity index (χ1n) is 7.09. The van der Waals surface area contributed by atoms with E-state index in [1.165, 1.54) is 0 Å². The molecule has 2 fully saturated rings. The average Bonchev–Trinajstić information content (AvgIpc) is 2.39. The van der Waals surface area contributed by atoms with E-state index in [0.29, 0.717) is 12.8 Å². The van der Waals surface area contributed by atoms with Gasteiger partial charge in [-0.05, 0) is 32.2 Å². The summed E-state index contributed by atoms with van der Waals surface area (Å²) < 4.78 is 38.8. The summed E-state index contributed by atoms with van der Waals surface area (Å²) in [5.74, 6) is -1.64. The topological polar surface area (TPSA) is 41.1 Å². The van der Waals surface area contributed by atoms with Crippen molar-refractivity contribution in [2.24, 2.45) is 5.92 Å². The summed E-state index contributed by atoms with van der Waals surface area (Å²) in [6.07, 6.45) is 0.410. The predicted molar refractivity (Wildman–Crippen MR) is 65.6 cm³/mol. The first-order valence-corrected chi connectivity index (χ1v) is 7.09. The molecule has 2 rings (SSSR count). The molecule has 3 atom stereocenters. The fraction of sp³-hybridized carbons (Fsp3) is 0.923. The van der Waals surface area contributed by atoms with Crippen LogP contribution in [0.2, 0.25) is 0 Å². The molecule has 1 saturated heterocycles. The Morgan fingerprint density at radius 3 is 2.37 bits per heavy atom. The molecule has 2 unspecified atom stereocenters. The van der Waals surface area contributed by atoms with Crippen molar-refractivity contribution in [1.29, 1.82) is 0 Å². The van der Waals surface area contributed by atoms with Crippen LogP contribution in [0.25, 0.3) is 0 Å². The first kappa shape index (κ1) is 14.6. The van der Waals surface area contributed by atoms with Gasteiger partial charge in [0.2, 0.25) is 5.91 Å². The zero-order valence-corrected chi connectivity index (χ0v) is 10.9. The summed E-state index contributed by atoms with van der Waals surface area (Å²) >= 11 is 0. The molecule has 0 aromatic heterocycles. The fourth-order valence-corrected chi connectivity index (χ4v) is 3.05. The van der Waals surface area contributed by atoms with Crippen LogP contribution in [0, 0.1) is 5.92 Å². The second-order valence-electron chi connectivity index (χ2n) is 5.55. The normalized spacial score (nSPS) is 32.9. The zero-order chi connectivity index (χ0) is 13.9. The number of carbonyl (C=O) groups is 1. The summed E-state index contributed by atoms with van der Waals surface area (Å²) in [7, 11) is 0. The van der Waals surface area contributed by atoms with Gasteiger partial charge in [-0.1, -0.05) is 19.3 Å². The molecular weight excluding hydrogens is 257 g/mol. The van der Waals surface area contributed by atoms with E-state index >= 15 is 0 Å². The number of halogens is 3. The van der Waals surface area contributed by atoms with Crippen LogP contribution < -0.4 is 10.6 Å². The number of carbonyl (C=O) groups excluding carboxylic acids is 1. The van der Waals surface area contributed by atoms with E-state index in [1.54, 1.807) is 0 Å². The lowest BCUT2D eigenvalue weighted by atomic mass is 9.83. The molecule has 1 aliphatic heterocycles. The summed E-state index contributed by atoms with van der Waals surface area (Å²) in [5.41, 5.74) is 0. The zero-order valence-electron chi connectivity index (χ0n) is 10.9. The Balaban J connectivity index is 1.93. The van der Waals surface area contributed by atoms with Gasteiger partial charge in [-0.25, -0.2) is 0 Å². The maximum absolute atomic E-state index is 12.9. The number of hydrogen-bond donors (Lipinski definition) is 2. The number of alkyl halides is 3. The maximum atomic E-state index is 12.9. The Kier molecular flexibility index (Phi) is 4.71. The minimum Gasteiger partial charge on any atom is -0.351 e. The maximum Gasteiger partial charge on any atom is 0.393 e. The van der Waals surface area contributed by atoms with E-state index in [0.717, 1.165) is 32.2 Å². The fourth-order valence-electron chi connectivity index (χ4n) is 3.05. The quantitative estimate of drug-likeness (QED) is 0.814. The second kappa shape index (κ2) is 6.11. The molecule has 2 N–H and O–H groups in total. The standard InChI is InChI=1S/C13H21F3N2O/c14-13(15,16)9-5-1-2-6-10(9)18-12(19)11-7-3-4-8-17-11/h9-11,17H,1-8H2,(H,18,19)/t9?,10?,11-/m1/s1. The molecule has 1 heterocycles. The van der Waals surface area contributed by atoms with Crippen LogP contribution in [0.4, 0.5) is 13.2 Å². The Labute approximate surface area is 111 Å². The van der Waals surface area contributed by atoms with E-state index in [4.69, 9.17) is 0 Å². The molecule has 0 radical (unpaired) electrons. The van der Waals surface area contributed by atoms with Gasteiger partial charge in [0.25, 0.3) is 0 Å². The summed E-state index contributed by atoms with van der Waals surface area (Å²) in [6, 6.07) is -1.06. The van der Waals surface area contributed by atoms with Gasteiger partial charge in [0.05, 0.1) is 12.0 Å². The molecule has 0 spiro atoms. The number of piperidine rings is 1. The van der Waals surface area contributed by atoms with Crippen molar-refractivity contribution in [1.82, 2.24) is 10.6 Å². The minimum atomic E-state index is -4.21. The van der Waals surface area contributed by atoms with Crippen molar-refractivity contribution in [2.75, 3.05) is 6.54 Å². The van der Waals surface area contributed by atoms with Gasteiger partial charge >= 0.3 is 6.18 Å². The number of nitrogens with one attached hydrogen (secondary N) is 2. The van der Waals surface area contributed by atoms with Gasteiger partial charge in [0, 0.05) is 6.04 Å². The second-order valence-corrected chi connectivity index (χ2v) is 5.55. The van der Waals surface area contributed by atoms with Crippen LogP contribution in [0.3, 0.4) is 0 Å². The minimum absolute atomic E-state index is 0.131. The Morgan fingerprint density at radius 2 is 1.74 bits per heavy atom. The largest absolute Gasteiger partial charge is 0.393 e. The highest BCUT2D eigenvalue weighted by molar-refractivity contribution is 5.82. The van der Waals surface area contributed by atoms with Crippen LogP contribution in [0.15, 0.2) is 0 Å². The predicted octanol–water partition coefficient (Wildman–Crippen LogP) is 2.37. The molecular formula is C13H21F3N2O. The monoisotopic (exact) mass is 278 g/mol. The molecule has 110 valence electrons. The van der Waals surface area contributed by atoms with Crippen LogP contribution in [-0.2, 0) is 4.79 Å². The van der Waals surface area contributed by atoms with Crippen LogP contribution in [0.5, 0.6) is 0 Å². The highest BCUT2D eigenvalue weighted by atomic mass is 19.4. The van der Waals surface area contributed by atoms with E-state index in [1.807, 2.05) is 0 Å². The average molecular weight is 278 g/mol. The van der Waals surface area contributed by atoms with E-state index in [-0.39, 0.29) is 18.4 Å². The highest BCUT2D eigenvalue weighted by Crippen LogP contribution is 2.37. The third-order valence-corrected chi connectivity index (χ3v) is 4.14. The van der Waals surface area contributed by atoms with Crippen molar-refractivity contribution in [3.05, 3.63) is 0 Å². The Morgan fingerprint density at radius 1 is 1.05 bits per heavy atom. The molecule has 0 aromatic carbocycles. The van der Waals surface area contributed by atoms with Gasteiger partial charge in [0.15, 0.2) is 0 Å². The Hall–Kier alpha value is -0.780. The van der Waals surface area contributed by atoms with Crippen LogP contribution in [-0.4, -0.2) is 30.7 Å². The first-order chi connectivity index (χ1) is 8.98. The van der Waals surface area contributed by atoms with Gasteiger partial charge in [0.1, 0.15) is 0 Å². The van der Waals surface area contributed by atoms with E-state index in [9.17, 15) is 18.0 Å². The molecule has 1 amide bonds. The van der Waals surface area contributed by atoms with Crippen molar-refractivity contribution in [2.45, 2.75) is 63.2 Å². The lowest BCUT2D eigenvalue weighted by Crippen LogP contribution is -2.54. The molecule has 0 bridgehead atoms. The number of amides is 1. The summed E-state index contributed by atoms with van der Waals surface area (Å²) in [4.78, 5) is 12.0. The third-order valence-electron chi connectivity index (χ3n) is 4.14. The molecule has 19 heavy (non-hydrogen) atoms. The highest BCUT2D eigenvalue weighted by Gasteiger charge is 2.46. The van der Waals surface area contributed by atoms with Crippen molar-refractivity contribution >= 4 is 5.91 Å². The molecule has 1 aliphatic carbocycles. The molecule has 0 aromatic rings. The SMILES string of the molecule is O=C(NC1CCCCC1C(F)(F)F)[C@H]1CCCCN1. The van der Waals surface area contributed by atoms with Crippen molar-refractivity contribution in [3.63, 3.8) is 0 Å². The van der Waals surface area contributed by atoms with Gasteiger partial charge in [-0.3, -0.25) is 4.79 Å². The van der Waals surface area contributed by atoms with E-state index in [2.05, 4.69) is 10.6 Å². The smallest absolute Gasteiger partial charge is 0.351 e. The summed E-state index contributed by atoms with van der Waals surface area (Å²) in [6.45, 7) is 0.769. The van der Waals surface area contributed by atoms with Gasteiger partial charge in [-0.2, -0.15) is 13.2 Å². The van der Waals surface area contributed by atoms with Crippen LogP contribution in [0.1, 0.15) is 44.9 Å². The lowest BCUT2D eigenvalue weighted by Gasteiger charge is -2.35. The summed E-state index contributed by atoms with van der Waals surface area (Å²) in [5, 5.41) is 5.69. The molecule has 1 saturated carbocycles. The lowest BCUT2D eigenvalue weighted by molar-refractivity contribution is -0.189. The number of rotatable bonds is 2. The van der Waals surface area contributed by atoms with Crippen molar-refractivity contribution < 1.29 is 18.0 Å². The van der Waals surface area contributed by atoms with Gasteiger partial charge in [-0.15, -0.1) is 0 Å². The third kappa shape index (κ3) is 3.84. The van der Waals surface area contributed by atoms with Crippen LogP contribution >= 0.6 is 0 Å². The van der Waals surface area contributed by atoms with E-state index < -0.39 is 18.1 Å². The van der Waals surface area contributed by atoms with Crippen molar-refractivity contribution in [3.8, 4) is 0 Å². The Bertz CT molecular complexity index is 314. The molecule has 3 nitrogen and oxygen atoms in total. The van der Waals surface area contributed by atoms with Gasteiger partial charge < -0.3 is 10.6 Å². The molecule has 6 heteroatoms. The molecule has 2 aliphatic rings.